The highest BCUT2D eigenvalue weighted by Crippen LogP contribution is 2.19. The third kappa shape index (κ3) is 5.26. The maximum Gasteiger partial charge on any atom is 0.137 e. The van der Waals surface area contributed by atoms with E-state index in [2.05, 4.69) is 26.8 Å². The van der Waals surface area contributed by atoms with Gasteiger partial charge in [0.2, 0.25) is 0 Å². The zero-order valence-electron chi connectivity index (χ0n) is 14.3. The van der Waals surface area contributed by atoms with Crippen LogP contribution in [0.3, 0.4) is 0 Å². The molecule has 0 aliphatic carbocycles. The first-order valence-corrected chi connectivity index (χ1v) is 9.14. The fourth-order valence-electron chi connectivity index (χ4n) is 3.96. The summed E-state index contributed by atoms with van der Waals surface area (Å²) in [5.74, 6) is 1.47. The molecular formula is C17H31N5O. The molecule has 2 saturated heterocycles. The molecule has 2 fully saturated rings. The summed E-state index contributed by atoms with van der Waals surface area (Å²) in [6.07, 6.45) is 8.18. The lowest BCUT2D eigenvalue weighted by molar-refractivity contribution is 0.0456. The lowest BCUT2D eigenvalue weighted by Gasteiger charge is -2.36. The number of rotatable bonds is 6. The second-order valence-electron chi connectivity index (χ2n) is 7.52. The highest BCUT2D eigenvalue weighted by Gasteiger charge is 2.24. The zero-order valence-corrected chi connectivity index (χ0v) is 14.3. The van der Waals surface area contributed by atoms with Crippen molar-refractivity contribution in [3.05, 3.63) is 12.7 Å². The number of nitrogens with zero attached hydrogens (tertiary/aromatic N) is 5. The Hall–Kier alpha value is -0.980. The van der Waals surface area contributed by atoms with Crippen molar-refractivity contribution >= 4 is 0 Å². The molecule has 0 unspecified atom stereocenters. The first-order valence-electron chi connectivity index (χ1n) is 9.14. The molecule has 3 rings (SSSR count). The Labute approximate surface area is 139 Å². The summed E-state index contributed by atoms with van der Waals surface area (Å²) in [7, 11) is 0. The fourth-order valence-corrected chi connectivity index (χ4v) is 3.96. The highest BCUT2D eigenvalue weighted by molar-refractivity contribution is 4.78. The Bertz CT molecular complexity index is 444. The zero-order chi connectivity index (χ0) is 16.1. The highest BCUT2D eigenvalue weighted by atomic mass is 16.3. The van der Waals surface area contributed by atoms with Gasteiger partial charge in [0.25, 0.3) is 0 Å². The predicted molar refractivity (Wildman–Crippen MR) is 90.0 cm³/mol. The minimum Gasteiger partial charge on any atom is -0.390 e. The first-order chi connectivity index (χ1) is 11.2. The van der Waals surface area contributed by atoms with Gasteiger partial charge in [-0.2, -0.15) is 5.10 Å². The second-order valence-corrected chi connectivity index (χ2v) is 7.52. The normalized spacial score (nSPS) is 26.4. The SMILES string of the molecule is CC1CCN(C[C@H](O)CN2CCC[C@H](Cn3cncn3)C2)CC1. The number of aliphatic hydroxyl groups is 1. The van der Waals surface area contributed by atoms with Gasteiger partial charge in [0.15, 0.2) is 0 Å². The van der Waals surface area contributed by atoms with Crippen molar-refractivity contribution in [2.45, 2.75) is 45.3 Å². The van der Waals surface area contributed by atoms with E-state index in [0.29, 0.717) is 5.92 Å². The summed E-state index contributed by atoms with van der Waals surface area (Å²) in [4.78, 5) is 8.88. The number of hydrogen-bond acceptors (Lipinski definition) is 5. The van der Waals surface area contributed by atoms with E-state index in [1.807, 2.05) is 4.68 Å². The van der Waals surface area contributed by atoms with Crippen molar-refractivity contribution < 1.29 is 5.11 Å². The van der Waals surface area contributed by atoms with Crippen LogP contribution >= 0.6 is 0 Å². The summed E-state index contributed by atoms with van der Waals surface area (Å²) in [5.41, 5.74) is 0. The van der Waals surface area contributed by atoms with E-state index in [-0.39, 0.29) is 6.10 Å². The Morgan fingerprint density at radius 1 is 1.13 bits per heavy atom. The third-order valence-electron chi connectivity index (χ3n) is 5.33. The van der Waals surface area contributed by atoms with Gasteiger partial charge in [-0.1, -0.05) is 6.92 Å². The lowest BCUT2D eigenvalue weighted by Crippen LogP contribution is -2.46. The van der Waals surface area contributed by atoms with E-state index in [1.165, 1.54) is 25.7 Å². The molecule has 6 heteroatoms. The van der Waals surface area contributed by atoms with Crippen LogP contribution in [0, 0.1) is 11.8 Å². The van der Waals surface area contributed by atoms with E-state index in [9.17, 15) is 5.11 Å². The van der Waals surface area contributed by atoms with Crippen LogP contribution in [0.5, 0.6) is 0 Å². The second kappa shape index (κ2) is 8.22. The van der Waals surface area contributed by atoms with Crippen LogP contribution in [0.15, 0.2) is 12.7 Å². The summed E-state index contributed by atoms with van der Waals surface area (Å²) in [6, 6.07) is 0. The van der Waals surface area contributed by atoms with Gasteiger partial charge in [0.1, 0.15) is 12.7 Å². The minimum atomic E-state index is -0.228. The van der Waals surface area contributed by atoms with E-state index in [4.69, 9.17) is 0 Å². The van der Waals surface area contributed by atoms with Gasteiger partial charge in [-0.3, -0.25) is 4.68 Å². The van der Waals surface area contributed by atoms with Crippen molar-refractivity contribution in [3.8, 4) is 0 Å². The predicted octanol–water partition coefficient (Wildman–Crippen LogP) is 1.08. The van der Waals surface area contributed by atoms with Gasteiger partial charge >= 0.3 is 0 Å². The summed E-state index contributed by atoms with van der Waals surface area (Å²) in [6.45, 7) is 9.38. The van der Waals surface area contributed by atoms with E-state index >= 15 is 0 Å². The molecule has 3 heterocycles. The Morgan fingerprint density at radius 3 is 2.65 bits per heavy atom. The summed E-state index contributed by atoms with van der Waals surface area (Å²) >= 11 is 0. The molecule has 2 atom stereocenters. The van der Waals surface area contributed by atoms with Gasteiger partial charge in [0, 0.05) is 26.2 Å². The monoisotopic (exact) mass is 321 g/mol. The van der Waals surface area contributed by atoms with Crippen molar-refractivity contribution in [3.63, 3.8) is 0 Å². The molecule has 6 nitrogen and oxygen atoms in total. The van der Waals surface area contributed by atoms with Crippen LogP contribution in [0.4, 0.5) is 0 Å². The van der Waals surface area contributed by atoms with Gasteiger partial charge in [-0.05, 0) is 57.2 Å². The summed E-state index contributed by atoms with van der Waals surface area (Å²) < 4.78 is 1.93. The number of aliphatic hydroxyl groups excluding tert-OH is 1. The molecule has 0 bridgehead atoms. The molecule has 1 N–H and O–H groups in total. The molecule has 130 valence electrons. The standard InChI is InChI=1S/C17H31N5O/c1-15-4-7-20(8-5-15)11-17(23)12-21-6-2-3-16(9-21)10-22-14-18-13-19-22/h13-17,23H,2-12H2,1H3/t16-,17-/m0/s1. The lowest BCUT2D eigenvalue weighted by atomic mass is 9.97. The maximum absolute atomic E-state index is 10.5. The summed E-state index contributed by atoms with van der Waals surface area (Å²) in [5, 5.41) is 14.7. The Morgan fingerprint density at radius 2 is 1.91 bits per heavy atom. The quantitative estimate of drug-likeness (QED) is 0.850. The number of β-amino-alcohol motifs (C(OH)–C–C–N with tert-alkyl or cyclic N) is 1. The first kappa shape index (κ1) is 16.9. The molecule has 0 spiro atoms. The Balaban J connectivity index is 1.40. The minimum absolute atomic E-state index is 0.228. The van der Waals surface area contributed by atoms with Gasteiger partial charge in [-0.15, -0.1) is 0 Å². The van der Waals surface area contributed by atoms with Crippen LogP contribution in [-0.4, -0.2) is 75.0 Å². The van der Waals surface area contributed by atoms with Gasteiger partial charge < -0.3 is 14.9 Å². The van der Waals surface area contributed by atoms with E-state index in [1.54, 1.807) is 12.7 Å². The van der Waals surface area contributed by atoms with Gasteiger partial charge in [0.05, 0.1) is 6.10 Å². The van der Waals surface area contributed by atoms with Crippen LogP contribution in [0.2, 0.25) is 0 Å². The molecule has 1 aromatic rings. The van der Waals surface area contributed by atoms with Crippen LogP contribution < -0.4 is 0 Å². The number of hydrogen-bond donors (Lipinski definition) is 1. The van der Waals surface area contributed by atoms with E-state index < -0.39 is 0 Å². The molecule has 1 aromatic heterocycles. The number of likely N-dealkylation sites (tertiary alicyclic amines) is 2. The molecule has 2 aliphatic heterocycles. The Kier molecular flexibility index (Phi) is 6.02. The largest absolute Gasteiger partial charge is 0.390 e. The van der Waals surface area contributed by atoms with Crippen LogP contribution in [-0.2, 0) is 6.54 Å². The van der Waals surface area contributed by atoms with E-state index in [0.717, 1.165) is 51.7 Å². The molecular weight excluding hydrogens is 290 g/mol. The number of piperidine rings is 2. The average molecular weight is 321 g/mol. The molecule has 0 amide bonds. The molecule has 2 aliphatic rings. The molecule has 0 radical (unpaired) electrons. The van der Waals surface area contributed by atoms with Crippen LogP contribution in [0.1, 0.15) is 32.6 Å². The van der Waals surface area contributed by atoms with Crippen molar-refractivity contribution in [1.29, 1.82) is 0 Å². The van der Waals surface area contributed by atoms with Gasteiger partial charge in [-0.25, -0.2) is 4.98 Å². The fraction of sp³-hybridized carbons (Fsp3) is 0.882. The average Bonchev–Trinajstić information content (AvgIpc) is 3.03. The van der Waals surface area contributed by atoms with Crippen LogP contribution in [0.25, 0.3) is 0 Å². The molecule has 0 saturated carbocycles. The number of aromatic nitrogens is 3. The topological polar surface area (TPSA) is 57.4 Å². The maximum atomic E-state index is 10.5. The molecule has 23 heavy (non-hydrogen) atoms. The smallest absolute Gasteiger partial charge is 0.137 e. The van der Waals surface area contributed by atoms with Crippen molar-refractivity contribution in [2.24, 2.45) is 11.8 Å². The third-order valence-corrected chi connectivity index (χ3v) is 5.33. The molecule has 0 aromatic carbocycles. The van der Waals surface area contributed by atoms with Crippen molar-refractivity contribution in [1.82, 2.24) is 24.6 Å². The van der Waals surface area contributed by atoms with Crippen molar-refractivity contribution in [2.75, 3.05) is 39.3 Å².